The highest BCUT2D eigenvalue weighted by Crippen LogP contribution is 2.25. The number of hydrogen-bond acceptors (Lipinski definition) is 5. The van der Waals surface area contributed by atoms with Crippen molar-refractivity contribution < 1.29 is 22.7 Å². The molecule has 2 aromatic carbocycles. The number of nitrogens with one attached hydrogen (secondary N) is 1. The maximum atomic E-state index is 12.5. The minimum Gasteiger partial charge on any atom is -0.495 e. The van der Waals surface area contributed by atoms with Gasteiger partial charge in [0.1, 0.15) is 12.3 Å². The van der Waals surface area contributed by atoms with E-state index < -0.39 is 22.5 Å². The number of carbonyl (C=O) groups excluding carboxylic acids is 2. The van der Waals surface area contributed by atoms with Crippen molar-refractivity contribution in [2.24, 2.45) is 0 Å². The summed E-state index contributed by atoms with van der Waals surface area (Å²) in [6.07, 6.45) is 1.02. The molecule has 8 heteroatoms. The third kappa shape index (κ3) is 5.30. The molecule has 0 saturated carbocycles. The van der Waals surface area contributed by atoms with Crippen LogP contribution in [0.2, 0.25) is 0 Å². The maximum Gasteiger partial charge on any atom is 0.245 e. The number of Topliss-reactive ketones (excluding diaryl/α,β-unsaturated/α-hetero) is 1. The van der Waals surface area contributed by atoms with Crippen molar-refractivity contribution in [1.82, 2.24) is 0 Å². The molecule has 2 aromatic rings. The zero-order valence-corrected chi connectivity index (χ0v) is 16.5. The topological polar surface area (TPSA) is 92.8 Å². The molecule has 0 spiro atoms. The van der Waals surface area contributed by atoms with Gasteiger partial charge in [0.2, 0.25) is 15.9 Å². The molecule has 0 aliphatic carbocycles. The average Bonchev–Trinajstić information content (AvgIpc) is 2.59. The van der Waals surface area contributed by atoms with E-state index in [4.69, 9.17) is 4.74 Å². The van der Waals surface area contributed by atoms with Crippen molar-refractivity contribution in [2.75, 3.05) is 29.5 Å². The monoisotopic (exact) mass is 390 g/mol. The summed E-state index contributed by atoms with van der Waals surface area (Å²) in [6.45, 7) is 2.88. The highest BCUT2D eigenvalue weighted by molar-refractivity contribution is 7.92. The number of ketones is 1. The molecule has 0 heterocycles. The number of anilines is 2. The second-order valence-corrected chi connectivity index (χ2v) is 8.03. The van der Waals surface area contributed by atoms with Crippen LogP contribution in [-0.4, -0.2) is 40.0 Å². The molecule has 0 aromatic heterocycles. The summed E-state index contributed by atoms with van der Waals surface area (Å²) >= 11 is 0. The summed E-state index contributed by atoms with van der Waals surface area (Å²) in [7, 11) is -2.22. The second kappa shape index (κ2) is 8.22. The molecule has 2 rings (SSSR count). The molecule has 0 radical (unpaired) electrons. The van der Waals surface area contributed by atoms with Crippen molar-refractivity contribution in [3.05, 3.63) is 53.6 Å². The molecular formula is C19H22N2O5S. The number of benzene rings is 2. The van der Waals surface area contributed by atoms with Gasteiger partial charge in [-0.1, -0.05) is 6.07 Å². The van der Waals surface area contributed by atoms with Gasteiger partial charge in [0.25, 0.3) is 0 Å². The van der Waals surface area contributed by atoms with Gasteiger partial charge in [-0.3, -0.25) is 13.9 Å². The Morgan fingerprint density at radius 1 is 1.11 bits per heavy atom. The molecule has 144 valence electrons. The van der Waals surface area contributed by atoms with Gasteiger partial charge < -0.3 is 10.1 Å². The number of nitrogens with zero attached hydrogens (tertiary/aromatic N) is 1. The molecule has 1 N–H and O–H groups in total. The minimum absolute atomic E-state index is 0.128. The minimum atomic E-state index is -3.71. The number of amides is 1. The van der Waals surface area contributed by atoms with E-state index in [-0.39, 0.29) is 5.78 Å². The summed E-state index contributed by atoms with van der Waals surface area (Å²) in [4.78, 5) is 23.9. The zero-order valence-electron chi connectivity index (χ0n) is 15.6. The van der Waals surface area contributed by atoms with Crippen LogP contribution in [0.3, 0.4) is 0 Å². The van der Waals surface area contributed by atoms with E-state index >= 15 is 0 Å². The van der Waals surface area contributed by atoms with Gasteiger partial charge in [-0.05, 0) is 55.8 Å². The van der Waals surface area contributed by atoms with Crippen molar-refractivity contribution in [3.8, 4) is 5.75 Å². The van der Waals surface area contributed by atoms with Gasteiger partial charge in [0, 0.05) is 5.56 Å². The van der Waals surface area contributed by atoms with Crippen LogP contribution in [-0.2, 0) is 14.8 Å². The van der Waals surface area contributed by atoms with Crippen LogP contribution in [0.1, 0.15) is 22.8 Å². The van der Waals surface area contributed by atoms with Gasteiger partial charge in [-0.25, -0.2) is 8.42 Å². The number of sulfonamides is 1. The van der Waals surface area contributed by atoms with E-state index in [1.165, 1.54) is 38.3 Å². The fourth-order valence-corrected chi connectivity index (χ4v) is 3.36. The van der Waals surface area contributed by atoms with Gasteiger partial charge in [0.05, 0.1) is 24.7 Å². The van der Waals surface area contributed by atoms with Gasteiger partial charge in [-0.15, -0.1) is 0 Å². The van der Waals surface area contributed by atoms with Crippen molar-refractivity contribution in [2.45, 2.75) is 13.8 Å². The van der Waals surface area contributed by atoms with Crippen molar-refractivity contribution >= 4 is 33.1 Å². The van der Waals surface area contributed by atoms with Crippen LogP contribution in [0.25, 0.3) is 0 Å². The zero-order chi connectivity index (χ0) is 20.2. The Hall–Kier alpha value is -2.87. The van der Waals surface area contributed by atoms with Crippen LogP contribution in [0.5, 0.6) is 5.75 Å². The molecular weight excluding hydrogens is 368 g/mol. The first-order valence-corrected chi connectivity index (χ1v) is 10.00. The highest BCUT2D eigenvalue weighted by Gasteiger charge is 2.21. The first-order valence-electron chi connectivity index (χ1n) is 8.15. The number of ether oxygens (including phenoxy) is 1. The Balaban J connectivity index is 2.25. The SMILES string of the molecule is COc1ccc(C)cc1NC(=O)CN(c1ccc(C(C)=O)cc1)S(C)(=O)=O. The Bertz CT molecular complexity index is 953. The molecule has 0 atom stereocenters. The number of hydrogen-bond donors (Lipinski definition) is 1. The lowest BCUT2D eigenvalue weighted by molar-refractivity contribution is -0.114. The lowest BCUT2D eigenvalue weighted by Gasteiger charge is -2.22. The van der Waals surface area contributed by atoms with Crippen molar-refractivity contribution in [1.29, 1.82) is 0 Å². The third-order valence-electron chi connectivity index (χ3n) is 3.88. The summed E-state index contributed by atoms with van der Waals surface area (Å²) in [5, 5.41) is 2.68. The largest absolute Gasteiger partial charge is 0.495 e. The second-order valence-electron chi connectivity index (χ2n) is 6.12. The van der Waals surface area contributed by atoms with Gasteiger partial charge in [0.15, 0.2) is 5.78 Å². The Labute approximate surface area is 159 Å². The first kappa shape index (κ1) is 20.4. The average molecular weight is 390 g/mol. The van der Waals surface area contributed by atoms with Crippen LogP contribution in [0, 0.1) is 6.92 Å². The molecule has 0 aliphatic rings. The van der Waals surface area contributed by atoms with Crippen LogP contribution in [0.4, 0.5) is 11.4 Å². The smallest absolute Gasteiger partial charge is 0.245 e. The van der Waals surface area contributed by atoms with E-state index in [2.05, 4.69) is 5.32 Å². The molecule has 7 nitrogen and oxygen atoms in total. The maximum absolute atomic E-state index is 12.5. The van der Waals surface area contributed by atoms with Crippen LogP contribution in [0.15, 0.2) is 42.5 Å². The van der Waals surface area contributed by atoms with E-state index in [1.807, 2.05) is 13.0 Å². The number of carbonyl (C=O) groups is 2. The van der Waals surface area contributed by atoms with Crippen LogP contribution >= 0.6 is 0 Å². The molecule has 0 saturated heterocycles. The summed E-state index contributed by atoms with van der Waals surface area (Å²) in [5.41, 5.74) is 2.14. The molecule has 0 unspecified atom stereocenters. The van der Waals surface area contributed by atoms with E-state index in [0.717, 1.165) is 16.1 Å². The van der Waals surface area contributed by atoms with E-state index in [0.29, 0.717) is 22.7 Å². The van der Waals surface area contributed by atoms with Crippen molar-refractivity contribution in [3.63, 3.8) is 0 Å². The fraction of sp³-hybridized carbons (Fsp3) is 0.263. The lowest BCUT2D eigenvalue weighted by atomic mass is 10.1. The van der Waals surface area contributed by atoms with E-state index in [1.54, 1.807) is 12.1 Å². The molecule has 27 heavy (non-hydrogen) atoms. The summed E-state index contributed by atoms with van der Waals surface area (Å²) < 4.78 is 30.5. The number of aryl methyl sites for hydroxylation is 1. The Morgan fingerprint density at radius 3 is 2.26 bits per heavy atom. The fourth-order valence-electron chi connectivity index (χ4n) is 2.50. The molecule has 0 aliphatic heterocycles. The molecule has 0 fully saturated rings. The molecule has 1 amide bonds. The van der Waals surface area contributed by atoms with E-state index in [9.17, 15) is 18.0 Å². The van der Waals surface area contributed by atoms with Gasteiger partial charge >= 0.3 is 0 Å². The lowest BCUT2D eigenvalue weighted by Crippen LogP contribution is -2.37. The first-order chi connectivity index (χ1) is 12.6. The Kier molecular flexibility index (Phi) is 6.22. The normalized spacial score (nSPS) is 11.0. The highest BCUT2D eigenvalue weighted by atomic mass is 32.2. The summed E-state index contributed by atoms with van der Waals surface area (Å²) in [6, 6.07) is 11.3. The number of rotatable bonds is 7. The molecule has 0 bridgehead atoms. The Morgan fingerprint density at radius 2 is 1.74 bits per heavy atom. The predicted octanol–water partition coefficient (Wildman–Crippen LogP) is 2.61. The summed E-state index contributed by atoms with van der Waals surface area (Å²) in [5.74, 6) is -0.164. The van der Waals surface area contributed by atoms with Gasteiger partial charge in [-0.2, -0.15) is 0 Å². The quantitative estimate of drug-likeness (QED) is 0.734. The third-order valence-corrected chi connectivity index (χ3v) is 5.02. The number of methoxy groups -OCH3 is 1. The predicted molar refractivity (Wildman–Crippen MR) is 105 cm³/mol. The van der Waals surface area contributed by atoms with Crippen LogP contribution < -0.4 is 14.4 Å². The standard InChI is InChI=1S/C19H22N2O5S/c1-13-5-10-18(26-3)17(11-13)20-19(23)12-21(27(4,24)25)16-8-6-15(7-9-16)14(2)22/h5-11H,12H2,1-4H3,(H,20,23).